The maximum absolute atomic E-state index is 12.4. The van der Waals surface area contributed by atoms with Crippen molar-refractivity contribution in [1.82, 2.24) is 9.97 Å². The van der Waals surface area contributed by atoms with Crippen molar-refractivity contribution < 1.29 is 13.2 Å². The first-order valence-corrected chi connectivity index (χ1v) is 5.56. The Morgan fingerprint density at radius 1 is 1.29 bits per heavy atom. The number of hydrogen-bond acceptors (Lipinski definition) is 1. The maximum Gasteiger partial charge on any atom is 0.432 e. The molecule has 6 heteroatoms. The van der Waals surface area contributed by atoms with Gasteiger partial charge in [0.2, 0.25) is 0 Å². The van der Waals surface area contributed by atoms with E-state index in [1.165, 1.54) is 0 Å². The highest BCUT2D eigenvalue weighted by Gasteiger charge is 2.33. The summed E-state index contributed by atoms with van der Waals surface area (Å²) in [6.45, 7) is 1.82. The molecule has 1 heterocycles. The summed E-state index contributed by atoms with van der Waals surface area (Å²) in [5.74, 6) is 0.224. The van der Waals surface area contributed by atoms with Gasteiger partial charge < -0.3 is 4.98 Å². The topological polar surface area (TPSA) is 28.7 Å². The van der Waals surface area contributed by atoms with E-state index in [-0.39, 0.29) is 5.82 Å². The Balaban J connectivity index is 2.44. The summed E-state index contributed by atoms with van der Waals surface area (Å²) < 4.78 is 38.1. The van der Waals surface area contributed by atoms with Crippen molar-refractivity contribution in [2.24, 2.45) is 0 Å². The SMILES string of the molecule is Cc1cc(Br)ccc1-c1ncc(C(F)(F)F)[nH]1. The first-order valence-electron chi connectivity index (χ1n) is 4.76. The van der Waals surface area contributed by atoms with Gasteiger partial charge in [-0.3, -0.25) is 0 Å². The molecule has 2 rings (SSSR count). The van der Waals surface area contributed by atoms with Crippen LogP contribution < -0.4 is 0 Å². The zero-order valence-electron chi connectivity index (χ0n) is 8.77. The minimum Gasteiger partial charge on any atom is -0.334 e. The van der Waals surface area contributed by atoms with Crippen LogP contribution in [0.2, 0.25) is 0 Å². The minimum atomic E-state index is -4.39. The third-order valence-corrected chi connectivity index (χ3v) is 2.82. The summed E-state index contributed by atoms with van der Waals surface area (Å²) in [5, 5.41) is 0. The van der Waals surface area contributed by atoms with Gasteiger partial charge >= 0.3 is 6.18 Å². The second-order valence-corrected chi connectivity index (χ2v) is 4.52. The second-order valence-electron chi connectivity index (χ2n) is 3.60. The molecule has 0 saturated heterocycles. The molecule has 0 fully saturated rings. The molecule has 0 bridgehead atoms. The number of halogens is 4. The lowest BCUT2D eigenvalue weighted by molar-refractivity contribution is -0.140. The minimum absolute atomic E-state index is 0.224. The molecule has 0 atom stereocenters. The number of rotatable bonds is 1. The van der Waals surface area contributed by atoms with Crippen LogP contribution in [0.15, 0.2) is 28.9 Å². The first kappa shape index (κ1) is 12.2. The molecule has 0 aliphatic carbocycles. The van der Waals surface area contributed by atoms with Gasteiger partial charge in [-0.25, -0.2) is 4.98 Å². The molecule has 0 aliphatic rings. The summed E-state index contributed by atoms with van der Waals surface area (Å²) in [4.78, 5) is 6.03. The Morgan fingerprint density at radius 3 is 2.53 bits per heavy atom. The highest BCUT2D eigenvalue weighted by Crippen LogP contribution is 2.30. The Kier molecular flexibility index (Phi) is 2.99. The van der Waals surface area contributed by atoms with Gasteiger partial charge in [0.1, 0.15) is 11.5 Å². The van der Waals surface area contributed by atoms with Gasteiger partial charge in [0.15, 0.2) is 0 Å². The van der Waals surface area contributed by atoms with Crippen LogP contribution in [0.1, 0.15) is 11.3 Å². The van der Waals surface area contributed by atoms with Gasteiger partial charge in [-0.2, -0.15) is 13.2 Å². The molecule has 1 N–H and O–H groups in total. The van der Waals surface area contributed by atoms with Crippen molar-refractivity contribution in [2.45, 2.75) is 13.1 Å². The smallest absolute Gasteiger partial charge is 0.334 e. The Bertz CT molecular complexity index is 546. The van der Waals surface area contributed by atoms with Gasteiger partial charge in [0.05, 0.1) is 6.20 Å². The van der Waals surface area contributed by atoms with Crippen molar-refractivity contribution in [3.05, 3.63) is 40.1 Å². The first-order chi connectivity index (χ1) is 7.88. The molecule has 90 valence electrons. The molecular weight excluding hydrogens is 297 g/mol. The predicted octanol–water partition coefficient (Wildman–Crippen LogP) is 4.17. The van der Waals surface area contributed by atoms with E-state index in [0.29, 0.717) is 5.56 Å². The van der Waals surface area contributed by atoms with E-state index in [0.717, 1.165) is 16.2 Å². The zero-order chi connectivity index (χ0) is 12.6. The lowest BCUT2D eigenvalue weighted by Crippen LogP contribution is -2.04. The number of aromatic amines is 1. The highest BCUT2D eigenvalue weighted by molar-refractivity contribution is 9.10. The number of imidazole rings is 1. The van der Waals surface area contributed by atoms with Crippen LogP contribution in [-0.2, 0) is 6.18 Å². The molecular formula is C11H8BrF3N2. The van der Waals surface area contributed by atoms with Crippen LogP contribution in [0.5, 0.6) is 0 Å². The van der Waals surface area contributed by atoms with E-state index in [1.807, 2.05) is 13.0 Å². The van der Waals surface area contributed by atoms with E-state index in [9.17, 15) is 13.2 Å². The maximum atomic E-state index is 12.4. The summed E-state index contributed by atoms with van der Waals surface area (Å²) in [6.07, 6.45) is -3.59. The van der Waals surface area contributed by atoms with Crippen LogP contribution in [0.25, 0.3) is 11.4 Å². The van der Waals surface area contributed by atoms with Crippen molar-refractivity contribution in [3.63, 3.8) is 0 Å². The third kappa shape index (κ3) is 2.52. The van der Waals surface area contributed by atoms with Gasteiger partial charge in [0, 0.05) is 10.0 Å². The molecule has 0 spiro atoms. The van der Waals surface area contributed by atoms with Crippen molar-refractivity contribution in [3.8, 4) is 11.4 Å². The average molecular weight is 305 g/mol. The van der Waals surface area contributed by atoms with Gasteiger partial charge in [-0.1, -0.05) is 15.9 Å². The summed E-state index contributed by atoms with van der Waals surface area (Å²) in [6, 6.07) is 5.31. The molecule has 0 amide bonds. The molecule has 0 unspecified atom stereocenters. The molecule has 17 heavy (non-hydrogen) atoms. The highest BCUT2D eigenvalue weighted by atomic mass is 79.9. The molecule has 2 nitrogen and oxygen atoms in total. The van der Waals surface area contributed by atoms with E-state index < -0.39 is 11.9 Å². The van der Waals surface area contributed by atoms with Crippen molar-refractivity contribution in [2.75, 3.05) is 0 Å². The van der Waals surface area contributed by atoms with Crippen LogP contribution in [0.3, 0.4) is 0 Å². The summed E-state index contributed by atoms with van der Waals surface area (Å²) >= 11 is 3.30. The second kappa shape index (κ2) is 4.18. The molecule has 1 aromatic carbocycles. The van der Waals surface area contributed by atoms with Crippen LogP contribution in [0.4, 0.5) is 13.2 Å². The number of benzene rings is 1. The van der Waals surface area contributed by atoms with Crippen LogP contribution in [0, 0.1) is 6.92 Å². The largest absolute Gasteiger partial charge is 0.432 e. The monoisotopic (exact) mass is 304 g/mol. The molecule has 0 radical (unpaired) electrons. The summed E-state index contributed by atoms with van der Waals surface area (Å²) in [5.41, 5.74) is 0.668. The third-order valence-electron chi connectivity index (χ3n) is 2.32. The molecule has 2 aromatic rings. The van der Waals surface area contributed by atoms with E-state index in [1.54, 1.807) is 12.1 Å². The normalized spacial score (nSPS) is 11.8. The lowest BCUT2D eigenvalue weighted by Gasteiger charge is -2.04. The quantitative estimate of drug-likeness (QED) is 0.842. The average Bonchev–Trinajstić information content (AvgIpc) is 2.65. The summed E-state index contributed by atoms with van der Waals surface area (Å²) in [7, 11) is 0. The van der Waals surface area contributed by atoms with E-state index in [2.05, 4.69) is 25.9 Å². The van der Waals surface area contributed by atoms with Gasteiger partial charge in [-0.15, -0.1) is 0 Å². The number of aryl methyl sites for hydroxylation is 1. The molecule has 0 saturated carbocycles. The predicted molar refractivity (Wildman–Crippen MR) is 61.5 cm³/mol. The Labute approximate surface area is 104 Å². The Hall–Kier alpha value is -1.30. The van der Waals surface area contributed by atoms with Crippen LogP contribution >= 0.6 is 15.9 Å². The Morgan fingerprint density at radius 2 is 2.00 bits per heavy atom. The van der Waals surface area contributed by atoms with Crippen molar-refractivity contribution in [1.29, 1.82) is 0 Å². The fourth-order valence-corrected chi connectivity index (χ4v) is 1.97. The number of aromatic nitrogens is 2. The zero-order valence-corrected chi connectivity index (χ0v) is 10.4. The number of alkyl halides is 3. The van der Waals surface area contributed by atoms with Crippen molar-refractivity contribution >= 4 is 15.9 Å². The number of hydrogen-bond donors (Lipinski definition) is 1. The number of nitrogens with zero attached hydrogens (tertiary/aromatic N) is 1. The fraction of sp³-hybridized carbons (Fsp3) is 0.182. The fourth-order valence-electron chi connectivity index (χ4n) is 1.49. The van der Waals surface area contributed by atoms with Gasteiger partial charge in [-0.05, 0) is 30.7 Å². The molecule has 1 aromatic heterocycles. The number of H-pyrrole nitrogens is 1. The lowest BCUT2D eigenvalue weighted by atomic mass is 10.1. The standard InChI is InChI=1S/C11H8BrF3N2/c1-6-4-7(12)2-3-8(6)10-16-5-9(17-10)11(13,14)15/h2-5H,1H3,(H,16,17). The molecule has 0 aliphatic heterocycles. The van der Waals surface area contributed by atoms with Crippen LogP contribution in [-0.4, -0.2) is 9.97 Å². The number of nitrogens with one attached hydrogen (secondary N) is 1. The van der Waals surface area contributed by atoms with E-state index >= 15 is 0 Å². The van der Waals surface area contributed by atoms with E-state index in [4.69, 9.17) is 0 Å². The van der Waals surface area contributed by atoms with Gasteiger partial charge in [0.25, 0.3) is 0 Å².